The lowest BCUT2D eigenvalue weighted by Gasteiger charge is -2.07. The van der Waals surface area contributed by atoms with Crippen molar-refractivity contribution in [2.45, 2.75) is 47.3 Å². The summed E-state index contributed by atoms with van der Waals surface area (Å²) in [5, 5.41) is 3.74. The van der Waals surface area contributed by atoms with Gasteiger partial charge in [-0.1, -0.05) is 30.7 Å². The lowest BCUT2D eigenvalue weighted by Crippen LogP contribution is -2.13. The molecule has 1 amide bonds. The molecule has 0 aliphatic carbocycles. The van der Waals surface area contributed by atoms with Gasteiger partial charge in [0.1, 0.15) is 11.6 Å². The monoisotopic (exact) mass is 434 g/mol. The van der Waals surface area contributed by atoms with Gasteiger partial charge in [-0.15, -0.1) is 11.3 Å². The van der Waals surface area contributed by atoms with Crippen LogP contribution in [0.4, 0.5) is 10.5 Å². The lowest BCUT2D eigenvalue weighted by atomic mass is 10.1. The summed E-state index contributed by atoms with van der Waals surface area (Å²) >= 11 is 1.56. The maximum absolute atomic E-state index is 12.3. The summed E-state index contributed by atoms with van der Waals surface area (Å²) in [5.41, 5.74) is 6.99. The van der Waals surface area contributed by atoms with Crippen LogP contribution in [0.5, 0.6) is 0 Å². The van der Waals surface area contributed by atoms with Crippen molar-refractivity contribution < 1.29 is 9.53 Å². The summed E-state index contributed by atoms with van der Waals surface area (Å²) in [6.07, 6.45) is 2.38. The third kappa shape index (κ3) is 4.61. The second-order valence-electron chi connectivity index (χ2n) is 7.69. The zero-order valence-electron chi connectivity index (χ0n) is 18.2. The second-order valence-corrected chi connectivity index (χ2v) is 8.77. The zero-order valence-corrected chi connectivity index (χ0v) is 19.0. The Bertz CT molecular complexity index is 1240. The number of aromatic nitrogens is 3. The first-order valence-electron chi connectivity index (χ1n) is 10.4. The Morgan fingerprint density at radius 1 is 1.16 bits per heavy atom. The summed E-state index contributed by atoms with van der Waals surface area (Å²) in [4.78, 5) is 22.4. The number of carbonyl (C=O) groups excluding carboxylic acids is 1. The summed E-state index contributed by atoms with van der Waals surface area (Å²) in [7, 11) is 0. The Morgan fingerprint density at radius 3 is 2.77 bits per heavy atom. The molecular weight excluding hydrogens is 408 g/mol. The molecule has 160 valence electrons. The molecule has 2 aromatic carbocycles. The topological polar surface area (TPSA) is 69.0 Å². The van der Waals surface area contributed by atoms with Crippen molar-refractivity contribution in [3.8, 4) is 10.6 Å². The van der Waals surface area contributed by atoms with E-state index in [2.05, 4.69) is 58.8 Å². The quantitative estimate of drug-likeness (QED) is 0.390. The van der Waals surface area contributed by atoms with Crippen molar-refractivity contribution in [2.75, 3.05) is 5.32 Å². The van der Waals surface area contributed by atoms with E-state index in [1.807, 2.05) is 31.5 Å². The number of nitrogens with zero attached hydrogens (tertiary/aromatic N) is 3. The smallest absolute Gasteiger partial charge is 0.411 e. The first kappa shape index (κ1) is 21.1. The Balaban J connectivity index is 1.41. The van der Waals surface area contributed by atoms with Crippen LogP contribution in [0.3, 0.4) is 0 Å². The Morgan fingerprint density at radius 2 is 2.00 bits per heavy atom. The van der Waals surface area contributed by atoms with E-state index in [-0.39, 0.29) is 6.61 Å². The number of hydrogen-bond donors (Lipinski definition) is 1. The molecule has 0 aliphatic rings. The summed E-state index contributed by atoms with van der Waals surface area (Å²) < 4.78 is 7.57. The maximum Gasteiger partial charge on any atom is 0.411 e. The molecule has 0 aliphatic heterocycles. The first-order valence-corrected chi connectivity index (χ1v) is 11.2. The van der Waals surface area contributed by atoms with Gasteiger partial charge in [0.05, 0.1) is 27.9 Å². The summed E-state index contributed by atoms with van der Waals surface area (Å²) in [6, 6.07) is 12.0. The van der Waals surface area contributed by atoms with Gasteiger partial charge in [-0.3, -0.25) is 5.32 Å². The van der Waals surface area contributed by atoms with Crippen molar-refractivity contribution in [1.82, 2.24) is 14.5 Å². The number of hydrogen-bond acceptors (Lipinski definition) is 5. The largest absolute Gasteiger partial charge is 0.444 e. The van der Waals surface area contributed by atoms with Crippen molar-refractivity contribution in [3.05, 3.63) is 64.4 Å². The SMILES string of the molecule is CCCn1cnc2cc(NC(=O)OCc3sc(-c4ccc(C)cc4C)nc3C)ccc21. The summed E-state index contributed by atoms with van der Waals surface area (Å²) in [5.74, 6) is 0. The number of rotatable bonds is 6. The van der Waals surface area contributed by atoms with Crippen molar-refractivity contribution in [1.29, 1.82) is 0 Å². The number of ether oxygens (including phenoxy) is 1. The molecule has 0 bridgehead atoms. The number of imidazole rings is 1. The second kappa shape index (κ2) is 8.89. The molecule has 0 saturated heterocycles. The van der Waals surface area contributed by atoms with E-state index in [0.29, 0.717) is 5.69 Å². The van der Waals surface area contributed by atoms with E-state index in [4.69, 9.17) is 4.74 Å². The normalized spacial score (nSPS) is 11.1. The first-order chi connectivity index (χ1) is 14.9. The third-order valence-corrected chi connectivity index (χ3v) is 6.34. The van der Waals surface area contributed by atoms with Gasteiger partial charge < -0.3 is 9.30 Å². The highest BCUT2D eigenvalue weighted by Crippen LogP contribution is 2.31. The Hall–Kier alpha value is -3.19. The zero-order chi connectivity index (χ0) is 22.0. The number of carbonyl (C=O) groups is 1. The van der Waals surface area contributed by atoms with E-state index in [9.17, 15) is 4.79 Å². The molecule has 4 aromatic rings. The highest BCUT2D eigenvalue weighted by molar-refractivity contribution is 7.15. The van der Waals surface area contributed by atoms with Crippen LogP contribution in [0.15, 0.2) is 42.7 Å². The van der Waals surface area contributed by atoms with Gasteiger partial charge in [-0.05, 0) is 51.0 Å². The number of fused-ring (bicyclic) bond motifs is 1. The number of anilines is 1. The van der Waals surface area contributed by atoms with Gasteiger partial charge in [0.2, 0.25) is 0 Å². The molecule has 4 rings (SSSR count). The minimum absolute atomic E-state index is 0.188. The average Bonchev–Trinajstić information content (AvgIpc) is 3.30. The van der Waals surface area contributed by atoms with Crippen LogP contribution in [-0.2, 0) is 17.9 Å². The van der Waals surface area contributed by atoms with Gasteiger partial charge in [-0.2, -0.15) is 0 Å². The van der Waals surface area contributed by atoms with Gasteiger partial charge in [0, 0.05) is 17.8 Å². The number of thiazole rings is 1. The molecule has 0 radical (unpaired) electrons. The van der Waals surface area contributed by atoms with Gasteiger partial charge in [0.15, 0.2) is 0 Å². The molecule has 6 nitrogen and oxygen atoms in total. The standard InChI is InChI=1S/C24H26N4O2S/c1-5-10-28-14-25-20-12-18(7-9-21(20)28)27-24(29)30-13-22-17(4)26-23(31-22)19-8-6-15(2)11-16(19)3/h6-9,11-12,14H,5,10,13H2,1-4H3,(H,27,29). The molecule has 0 fully saturated rings. The van der Waals surface area contributed by atoms with Crippen molar-refractivity contribution in [3.63, 3.8) is 0 Å². The lowest BCUT2D eigenvalue weighted by molar-refractivity contribution is 0.156. The van der Waals surface area contributed by atoms with Gasteiger partial charge in [0.25, 0.3) is 0 Å². The predicted molar refractivity (Wildman–Crippen MR) is 126 cm³/mol. The van der Waals surface area contributed by atoms with Crippen LogP contribution in [0.1, 0.15) is 35.0 Å². The minimum atomic E-state index is -0.492. The minimum Gasteiger partial charge on any atom is -0.444 e. The third-order valence-electron chi connectivity index (χ3n) is 5.17. The molecule has 2 heterocycles. The van der Waals surface area contributed by atoms with Crippen LogP contribution in [0.25, 0.3) is 21.6 Å². The molecule has 0 unspecified atom stereocenters. The fourth-order valence-corrected chi connectivity index (χ4v) is 4.64. The Labute approximate surface area is 185 Å². The summed E-state index contributed by atoms with van der Waals surface area (Å²) in [6.45, 7) is 9.35. The number of benzene rings is 2. The number of nitrogens with one attached hydrogen (secondary N) is 1. The molecule has 0 spiro atoms. The van der Waals surface area contributed by atoms with E-state index in [1.165, 1.54) is 11.1 Å². The van der Waals surface area contributed by atoms with E-state index in [1.54, 1.807) is 11.3 Å². The molecule has 0 atom stereocenters. The average molecular weight is 435 g/mol. The van der Waals surface area contributed by atoms with E-state index >= 15 is 0 Å². The van der Waals surface area contributed by atoms with Crippen LogP contribution >= 0.6 is 11.3 Å². The van der Waals surface area contributed by atoms with Crippen LogP contribution < -0.4 is 5.32 Å². The molecule has 2 aromatic heterocycles. The number of aryl methyl sites for hydroxylation is 4. The van der Waals surface area contributed by atoms with Crippen LogP contribution in [0.2, 0.25) is 0 Å². The highest BCUT2D eigenvalue weighted by atomic mass is 32.1. The molecule has 0 saturated carbocycles. The molecular formula is C24H26N4O2S. The van der Waals surface area contributed by atoms with Crippen LogP contribution in [-0.4, -0.2) is 20.6 Å². The van der Waals surface area contributed by atoms with E-state index < -0.39 is 6.09 Å². The molecule has 1 N–H and O–H groups in total. The van der Waals surface area contributed by atoms with Crippen LogP contribution in [0, 0.1) is 20.8 Å². The molecule has 7 heteroatoms. The highest BCUT2D eigenvalue weighted by Gasteiger charge is 2.14. The fraction of sp³-hybridized carbons (Fsp3) is 0.292. The number of amides is 1. The Kier molecular flexibility index (Phi) is 6.04. The van der Waals surface area contributed by atoms with E-state index in [0.717, 1.165) is 45.1 Å². The maximum atomic E-state index is 12.3. The fourth-order valence-electron chi connectivity index (χ4n) is 3.58. The predicted octanol–water partition coefficient (Wildman–Crippen LogP) is 6.24. The van der Waals surface area contributed by atoms with Gasteiger partial charge in [-0.25, -0.2) is 14.8 Å². The van der Waals surface area contributed by atoms with Crippen molar-refractivity contribution in [2.24, 2.45) is 0 Å². The molecule has 31 heavy (non-hydrogen) atoms. The van der Waals surface area contributed by atoms with Crippen molar-refractivity contribution >= 4 is 34.2 Å². The van der Waals surface area contributed by atoms with Gasteiger partial charge >= 0.3 is 6.09 Å².